The average Bonchev–Trinajstić information content (AvgIpc) is 2.83. The van der Waals surface area contributed by atoms with Crippen molar-refractivity contribution in [2.45, 2.75) is 26.3 Å². The van der Waals surface area contributed by atoms with Gasteiger partial charge in [0.2, 0.25) is 0 Å². The van der Waals surface area contributed by atoms with E-state index in [0.717, 1.165) is 17.7 Å². The van der Waals surface area contributed by atoms with Crippen LogP contribution in [-0.4, -0.2) is 15.7 Å². The van der Waals surface area contributed by atoms with Crippen LogP contribution in [0.2, 0.25) is 0 Å². The number of hydrogen-bond acceptors (Lipinski definition) is 2. The summed E-state index contributed by atoms with van der Waals surface area (Å²) in [5.41, 5.74) is 7.84. The lowest BCUT2D eigenvalue weighted by molar-refractivity contribution is 0.0989. The highest BCUT2D eigenvalue weighted by Gasteiger charge is 2.17. The second kappa shape index (κ2) is 5.04. The minimum absolute atomic E-state index is 0.00556. The minimum atomic E-state index is -0.440. The Bertz CT molecular complexity index is 545. The van der Waals surface area contributed by atoms with Crippen LogP contribution in [0.15, 0.2) is 36.4 Å². The third-order valence-electron chi connectivity index (χ3n) is 3.05. The molecule has 0 fully saturated rings. The molecule has 1 atom stereocenters. The van der Waals surface area contributed by atoms with Crippen LogP contribution < -0.4 is 5.73 Å². The van der Waals surface area contributed by atoms with E-state index in [1.54, 1.807) is 10.7 Å². The molecule has 0 saturated carbocycles. The Hall–Kier alpha value is -2.10. The quantitative estimate of drug-likeness (QED) is 0.894. The third-order valence-corrected chi connectivity index (χ3v) is 3.05. The fraction of sp³-hybridized carbons (Fsp3) is 0.286. The van der Waals surface area contributed by atoms with Crippen molar-refractivity contribution in [1.29, 1.82) is 0 Å². The smallest absolute Gasteiger partial charge is 0.267 e. The van der Waals surface area contributed by atoms with Gasteiger partial charge in [0.05, 0.1) is 11.7 Å². The molecule has 4 heteroatoms. The number of carbonyl (C=O) groups excluding carboxylic acids is 1. The summed E-state index contributed by atoms with van der Waals surface area (Å²) >= 11 is 0. The molecule has 2 N–H and O–H groups in total. The molecule has 0 saturated heterocycles. The van der Waals surface area contributed by atoms with Gasteiger partial charge in [-0.2, -0.15) is 5.10 Å². The van der Waals surface area contributed by atoms with Crippen LogP contribution in [0, 0.1) is 0 Å². The average molecular weight is 243 g/mol. The molecule has 18 heavy (non-hydrogen) atoms. The van der Waals surface area contributed by atoms with E-state index in [4.69, 9.17) is 5.73 Å². The molecule has 1 aromatic carbocycles. The lowest BCUT2D eigenvalue weighted by Crippen LogP contribution is -2.20. The van der Waals surface area contributed by atoms with E-state index in [1.807, 2.05) is 44.2 Å². The zero-order chi connectivity index (χ0) is 13.1. The summed E-state index contributed by atoms with van der Waals surface area (Å²) in [5, 5.41) is 4.44. The number of aryl methyl sites for hydroxylation is 1. The van der Waals surface area contributed by atoms with Gasteiger partial charge in [0.1, 0.15) is 5.69 Å². The molecule has 2 aromatic rings. The van der Waals surface area contributed by atoms with Crippen LogP contribution in [0.4, 0.5) is 0 Å². The highest BCUT2D eigenvalue weighted by Crippen LogP contribution is 2.19. The molecule has 4 nitrogen and oxygen atoms in total. The Balaban J connectivity index is 2.44. The fourth-order valence-electron chi connectivity index (χ4n) is 1.97. The van der Waals surface area contributed by atoms with Crippen molar-refractivity contribution in [2.24, 2.45) is 5.73 Å². The Morgan fingerprint density at radius 1 is 1.39 bits per heavy atom. The first-order valence-corrected chi connectivity index (χ1v) is 6.06. The van der Waals surface area contributed by atoms with Crippen LogP contribution in [0.3, 0.4) is 0 Å². The molecule has 1 aromatic heterocycles. The van der Waals surface area contributed by atoms with Crippen LogP contribution >= 0.6 is 0 Å². The second-order valence-electron chi connectivity index (χ2n) is 4.27. The molecule has 94 valence electrons. The number of primary amides is 1. The van der Waals surface area contributed by atoms with Gasteiger partial charge in [-0.05, 0) is 25.0 Å². The lowest BCUT2D eigenvalue weighted by atomic mass is 10.1. The number of nitrogens with zero attached hydrogens (tertiary/aromatic N) is 2. The van der Waals surface area contributed by atoms with Gasteiger partial charge in [-0.3, -0.25) is 9.48 Å². The van der Waals surface area contributed by atoms with E-state index in [-0.39, 0.29) is 6.04 Å². The predicted molar refractivity (Wildman–Crippen MR) is 70.4 cm³/mol. The zero-order valence-corrected chi connectivity index (χ0v) is 10.6. The SMILES string of the molecule is CCc1cc(C(N)=O)n(C(C)c2ccccc2)n1. The second-order valence-corrected chi connectivity index (χ2v) is 4.27. The van der Waals surface area contributed by atoms with E-state index in [0.29, 0.717) is 5.69 Å². The topological polar surface area (TPSA) is 60.9 Å². The van der Waals surface area contributed by atoms with Gasteiger partial charge in [-0.15, -0.1) is 0 Å². The highest BCUT2D eigenvalue weighted by atomic mass is 16.1. The van der Waals surface area contributed by atoms with Gasteiger partial charge in [-0.1, -0.05) is 37.3 Å². The van der Waals surface area contributed by atoms with E-state index in [2.05, 4.69) is 5.10 Å². The van der Waals surface area contributed by atoms with Crippen molar-refractivity contribution < 1.29 is 4.79 Å². The van der Waals surface area contributed by atoms with Crippen molar-refractivity contribution in [2.75, 3.05) is 0 Å². The summed E-state index contributed by atoms with van der Waals surface area (Å²) in [5.74, 6) is -0.440. The molecule has 0 aliphatic carbocycles. The van der Waals surface area contributed by atoms with E-state index in [9.17, 15) is 4.79 Å². The van der Waals surface area contributed by atoms with E-state index in [1.165, 1.54) is 0 Å². The first-order chi connectivity index (χ1) is 8.63. The summed E-state index contributed by atoms with van der Waals surface area (Å²) in [4.78, 5) is 11.4. The summed E-state index contributed by atoms with van der Waals surface area (Å²) in [7, 11) is 0. The maximum atomic E-state index is 11.4. The zero-order valence-electron chi connectivity index (χ0n) is 10.6. The summed E-state index contributed by atoms with van der Waals surface area (Å²) in [6, 6.07) is 11.7. The van der Waals surface area contributed by atoms with Crippen LogP contribution in [0.1, 0.15) is 41.6 Å². The van der Waals surface area contributed by atoms with Gasteiger partial charge in [0, 0.05) is 0 Å². The molecule has 1 amide bonds. The van der Waals surface area contributed by atoms with Gasteiger partial charge >= 0.3 is 0 Å². The number of rotatable bonds is 4. The Morgan fingerprint density at radius 2 is 2.06 bits per heavy atom. The number of hydrogen-bond donors (Lipinski definition) is 1. The van der Waals surface area contributed by atoms with Crippen molar-refractivity contribution in [3.05, 3.63) is 53.3 Å². The summed E-state index contributed by atoms with van der Waals surface area (Å²) in [6.07, 6.45) is 0.786. The number of aromatic nitrogens is 2. The molecule has 1 heterocycles. The molecule has 0 bridgehead atoms. The predicted octanol–water partition coefficient (Wildman–Crippen LogP) is 2.15. The molecule has 0 aliphatic heterocycles. The van der Waals surface area contributed by atoms with Gasteiger partial charge in [-0.25, -0.2) is 0 Å². The molecular formula is C14H17N3O. The highest BCUT2D eigenvalue weighted by molar-refractivity contribution is 5.91. The van der Waals surface area contributed by atoms with Crippen molar-refractivity contribution in [3.8, 4) is 0 Å². The molecule has 1 unspecified atom stereocenters. The number of benzene rings is 1. The monoisotopic (exact) mass is 243 g/mol. The van der Waals surface area contributed by atoms with Crippen LogP contribution in [0.5, 0.6) is 0 Å². The maximum absolute atomic E-state index is 11.4. The van der Waals surface area contributed by atoms with E-state index < -0.39 is 5.91 Å². The van der Waals surface area contributed by atoms with Crippen LogP contribution in [0.25, 0.3) is 0 Å². The van der Waals surface area contributed by atoms with Crippen molar-refractivity contribution in [1.82, 2.24) is 9.78 Å². The first-order valence-electron chi connectivity index (χ1n) is 6.06. The normalized spacial score (nSPS) is 12.3. The van der Waals surface area contributed by atoms with Gasteiger partial charge in [0.15, 0.2) is 0 Å². The number of nitrogens with two attached hydrogens (primary N) is 1. The van der Waals surface area contributed by atoms with E-state index >= 15 is 0 Å². The Kier molecular flexibility index (Phi) is 3.46. The van der Waals surface area contributed by atoms with Crippen molar-refractivity contribution in [3.63, 3.8) is 0 Å². The van der Waals surface area contributed by atoms with Gasteiger partial charge < -0.3 is 5.73 Å². The molecule has 0 radical (unpaired) electrons. The molecule has 0 spiro atoms. The summed E-state index contributed by atoms with van der Waals surface area (Å²) < 4.78 is 1.70. The Labute approximate surface area is 106 Å². The number of carbonyl (C=O) groups is 1. The fourth-order valence-corrected chi connectivity index (χ4v) is 1.97. The maximum Gasteiger partial charge on any atom is 0.267 e. The molecule has 2 rings (SSSR count). The first kappa shape index (κ1) is 12.4. The minimum Gasteiger partial charge on any atom is -0.364 e. The van der Waals surface area contributed by atoms with Gasteiger partial charge in [0.25, 0.3) is 5.91 Å². The lowest BCUT2D eigenvalue weighted by Gasteiger charge is -2.14. The van der Waals surface area contributed by atoms with Crippen molar-refractivity contribution >= 4 is 5.91 Å². The third kappa shape index (κ3) is 2.27. The molecular weight excluding hydrogens is 226 g/mol. The standard InChI is InChI=1S/C14H17N3O/c1-3-12-9-13(14(15)18)17(16-12)10(2)11-7-5-4-6-8-11/h4-10H,3H2,1-2H3,(H2,15,18). The van der Waals surface area contributed by atoms with Crippen LogP contribution in [-0.2, 0) is 6.42 Å². The summed E-state index contributed by atoms with van der Waals surface area (Å²) in [6.45, 7) is 4.01. The number of amides is 1. The Morgan fingerprint density at radius 3 is 2.61 bits per heavy atom. The largest absolute Gasteiger partial charge is 0.364 e. The molecule has 0 aliphatic rings.